The Labute approximate surface area is 163 Å². The van der Waals surface area contributed by atoms with E-state index in [-0.39, 0.29) is 28.7 Å². The molecule has 1 heterocycles. The molecule has 146 valence electrons. The largest absolute Gasteiger partial charge is 0.507 e. The highest BCUT2D eigenvalue weighted by Gasteiger charge is 2.19. The van der Waals surface area contributed by atoms with Gasteiger partial charge in [-0.2, -0.15) is 0 Å². The number of carbonyl (C=O) groups excluding carboxylic acids is 1. The van der Waals surface area contributed by atoms with Crippen LogP contribution in [0.2, 0.25) is 0 Å². The van der Waals surface area contributed by atoms with Crippen molar-refractivity contribution in [2.75, 3.05) is 17.7 Å². The number of nitrogens with zero attached hydrogens (tertiary/aromatic N) is 2. The van der Waals surface area contributed by atoms with E-state index in [0.717, 1.165) is 16.5 Å². The summed E-state index contributed by atoms with van der Waals surface area (Å²) in [5.74, 6) is -0.328. The molecule has 1 aromatic heterocycles. The van der Waals surface area contributed by atoms with Gasteiger partial charge in [0.05, 0.1) is 11.1 Å². The smallest absolute Gasteiger partial charge is 0.261 e. The quantitative estimate of drug-likeness (QED) is 0.677. The van der Waals surface area contributed by atoms with Crippen LogP contribution in [0.25, 0.3) is 10.9 Å². The molecule has 0 fully saturated rings. The zero-order valence-corrected chi connectivity index (χ0v) is 16.6. The number of pyridine rings is 1. The van der Waals surface area contributed by atoms with Gasteiger partial charge >= 0.3 is 0 Å². The first kappa shape index (κ1) is 19.5. The van der Waals surface area contributed by atoms with E-state index in [4.69, 9.17) is 5.73 Å². The lowest BCUT2D eigenvalue weighted by Gasteiger charge is -2.21. The number of carbonyl (C=O) groups is 1. The number of rotatable bonds is 4. The molecule has 0 spiro atoms. The van der Waals surface area contributed by atoms with Crippen LogP contribution in [0.3, 0.4) is 0 Å². The highest BCUT2D eigenvalue weighted by Crippen LogP contribution is 2.29. The number of phenolic OH excluding ortho intramolecular Hbond substituents is 1. The molecule has 0 bridgehead atoms. The number of phenols is 1. The van der Waals surface area contributed by atoms with Crippen molar-refractivity contribution in [2.45, 2.75) is 33.2 Å². The van der Waals surface area contributed by atoms with Gasteiger partial charge in [-0.25, -0.2) is 0 Å². The molecule has 1 amide bonds. The second kappa shape index (κ2) is 7.38. The van der Waals surface area contributed by atoms with E-state index in [9.17, 15) is 14.7 Å². The molecule has 0 saturated heterocycles. The Hall–Kier alpha value is -3.28. The second-order valence-corrected chi connectivity index (χ2v) is 7.18. The zero-order valence-electron chi connectivity index (χ0n) is 16.6. The first-order valence-electron chi connectivity index (χ1n) is 9.28. The number of nitrogens with two attached hydrogens (primary N) is 1. The van der Waals surface area contributed by atoms with Crippen molar-refractivity contribution in [3.8, 4) is 5.75 Å². The van der Waals surface area contributed by atoms with Crippen molar-refractivity contribution in [2.24, 2.45) is 0 Å². The lowest BCUT2D eigenvalue weighted by Crippen LogP contribution is -2.26. The van der Waals surface area contributed by atoms with Gasteiger partial charge in [-0.15, -0.1) is 0 Å². The molecule has 0 aliphatic rings. The third-order valence-electron chi connectivity index (χ3n) is 5.01. The molecular formula is C22H25N3O3. The number of anilines is 2. The predicted molar refractivity (Wildman–Crippen MR) is 113 cm³/mol. The summed E-state index contributed by atoms with van der Waals surface area (Å²) in [4.78, 5) is 26.8. The van der Waals surface area contributed by atoms with Crippen LogP contribution in [0.1, 0.15) is 42.6 Å². The van der Waals surface area contributed by atoms with Gasteiger partial charge in [0.2, 0.25) is 0 Å². The van der Waals surface area contributed by atoms with Crippen molar-refractivity contribution in [3.05, 3.63) is 63.9 Å². The normalized spacial score (nSPS) is 11.2. The summed E-state index contributed by atoms with van der Waals surface area (Å²) in [7, 11) is 1.66. The summed E-state index contributed by atoms with van der Waals surface area (Å²) < 4.78 is 1.72. The highest BCUT2D eigenvalue weighted by molar-refractivity contribution is 6.08. The highest BCUT2D eigenvalue weighted by atomic mass is 16.3. The minimum atomic E-state index is -0.341. The molecule has 6 heteroatoms. The van der Waals surface area contributed by atoms with E-state index in [2.05, 4.69) is 0 Å². The molecule has 3 aromatic rings. The van der Waals surface area contributed by atoms with Crippen molar-refractivity contribution < 1.29 is 9.90 Å². The first-order chi connectivity index (χ1) is 13.2. The number of nitrogen functional groups attached to an aromatic ring is 1. The molecule has 0 radical (unpaired) electrons. The van der Waals surface area contributed by atoms with Gasteiger partial charge in [-0.3, -0.25) is 9.59 Å². The van der Waals surface area contributed by atoms with E-state index in [1.165, 1.54) is 17.0 Å². The Bertz CT molecular complexity index is 1120. The Kier molecular flexibility index (Phi) is 5.14. The van der Waals surface area contributed by atoms with Gasteiger partial charge in [0.25, 0.3) is 11.5 Å². The van der Waals surface area contributed by atoms with Crippen LogP contribution < -0.4 is 16.2 Å². The summed E-state index contributed by atoms with van der Waals surface area (Å²) in [6.45, 7) is 6.58. The van der Waals surface area contributed by atoms with E-state index in [1.807, 2.05) is 39.0 Å². The summed E-state index contributed by atoms with van der Waals surface area (Å²) in [5, 5.41) is 11.0. The van der Waals surface area contributed by atoms with E-state index < -0.39 is 0 Å². The average Bonchev–Trinajstić information content (AvgIpc) is 2.65. The molecule has 0 aliphatic carbocycles. The third kappa shape index (κ3) is 3.33. The zero-order chi connectivity index (χ0) is 20.6. The maximum atomic E-state index is 12.9. The van der Waals surface area contributed by atoms with Crippen LogP contribution in [0, 0.1) is 0 Å². The third-order valence-corrected chi connectivity index (χ3v) is 5.01. The van der Waals surface area contributed by atoms with Gasteiger partial charge in [0.15, 0.2) is 0 Å². The Morgan fingerprint density at radius 3 is 2.50 bits per heavy atom. The number of hydrogen-bond donors (Lipinski definition) is 2. The molecule has 0 saturated carbocycles. The molecular weight excluding hydrogens is 354 g/mol. The number of hydrogen-bond acceptors (Lipinski definition) is 4. The molecule has 3 rings (SSSR count). The van der Waals surface area contributed by atoms with E-state index >= 15 is 0 Å². The number of benzene rings is 2. The standard InChI is InChI=1S/C22H25N3O3/c1-5-25-19-9-7-15(11-18(19)17(13(2)3)12-21(25)27)24(4)22(28)16-8-6-14(23)10-20(16)26/h6-13,26H,5,23H2,1-4H3. The monoisotopic (exact) mass is 379 g/mol. The molecule has 28 heavy (non-hydrogen) atoms. The lowest BCUT2D eigenvalue weighted by molar-refractivity contribution is 0.0990. The van der Waals surface area contributed by atoms with Gasteiger partial charge in [-0.05, 0) is 48.7 Å². The molecule has 0 atom stereocenters. The fourth-order valence-electron chi connectivity index (χ4n) is 3.44. The van der Waals surface area contributed by atoms with Crippen molar-refractivity contribution >= 4 is 28.2 Å². The molecule has 2 aromatic carbocycles. The van der Waals surface area contributed by atoms with Crippen LogP contribution in [0.4, 0.5) is 11.4 Å². The number of aromatic hydroxyl groups is 1. The Balaban J connectivity index is 2.13. The number of amides is 1. The minimum Gasteiger partial charge on any atom is -0.507 e. The summed E-state index contributed by atoms with van der Waals surface area (Å²) in [6, 6.07) is 11.7. The molecule has 0 unspecified atom stereocenters. The van der Waals surface area contributed by atoms with Gasteiger partial charge in [0, 0.05) is 42.5 Å². The average molecular weight is 379 g/mol. The van der Waals surface area contributed by atoms with E-state index in [0.29, 0.717) is 17.9 Å². The maximum Gasteiger partial charge on any atom is 0.261 e. The van der Waals surface area contributed by atoms with Crippen LogP contribution in [-0.4, -0.2) is 22.6 Å². The van der Waals surface area contributed by atoms with Crippen molar-refractivity contribution in [1.29, 1.82) is 0 Å². The first-order valence-corrected chi connectivity index (χ1v) is 9.28. The molecule has 6 nitrogen and oxygen atoms in total. The summed E-state index contributed by atoms with van der Waals surface area (Å²) >= 11 is 0. The van der Waals surface area contributed by atoms with Crippen LogP contribution in [-0.2, 0) is 6.54 Å². The van der Waals surface area contributed by atoms with Crippen LogP contribution in [0.5, 0.6) is 5.75 Å². The number of fused-ring (bicyclic) bond motifs is 1. The topological polar surface area (TPSA) is 88.6 Å². The fraction of sp³-hybridized carbons (Fsp3) is 0.273. The van der Waals surface area contributed by atoms with Crippen molar-refractivity contribution in [3.63, 3.8) is 0 Å². The predicted octanol–water partition coefficient (Wildman–Crippen LogP) is 3.71. The van der Waals surface area contributed by atoms with Gasteiger partial charge < -0.3 is 20.3 Å². The number of aryl methyl sites for hydroxylation is 1. The van der Waals surface area contributed by atoms with Crippen LogP contribution in [0.15, 0.2) is 47.3 Å². The van der Waals surface area contributed by atoms with E-state index in [1.54, 1.807) is 23.7 Å². The summed E-state index contributed by atoms with van der Waals surface area (Å²) in [5.41, 5.74) is 8.66. The molecule has 3 N–H and O–H groups in total. The molecule has 0 aliphatic heterocycles. The summed E-state index contributed by atoms with van der Waals surface area (Å²) in [6.07, 6.45) is 0. The minimum absolute atomic E-state index is 0.0253. The van der Waals surface area contributed by atoms with Crippen molar-refractivity contribution in [1.82, 2.24) is 4.57 Å². The number of aromatic nitrogens is 1. The second-order valence-electron chi connectivity index (χ2n) is 7.18. The Morgan fingerprint density at radius 1 is 1.18 bits per heavy atom. The van der Waals surface area contributed by atoms with Crippen LogP contribution >= 0.6 is 0 Å². The lowest BCUT2D eigenvalue weighted by atomic mass is 9.98. The van der Waals surface area contributed by atoms with Gasteiger partial charge in [0.1, 0.15) is 5.75 Å². The van der Waals surface area contributed by atoms with Gasteiger partial charge in [-0.1, -0.05) is 13.8 Å². The maximum absolute atomic E-state index is 12.9. The Morgan fingerprint density at radius 2 is 1.89 bits per heavy atom. The SMILES string of the molecule is CCn1c(=O)cc(C(C)C)c2cc(N(C)C(=O)c3ccc(N)cc3O)ccc21. The fourth-order valence-corrected chi connectivity index (χ4v) is 3.44.